The minimum absolute atomic E-state index is 0.0503. The quantitative estimate of drug-likeness (QED) is 0.466. The molecule has 0 aliphatic heterocycles. The van der Waals surface area contributed by atoms with E-state index in [1.807, 2.05) is 0 Å². The molecule has 0 amide bonds. The highest BCUT2D eigenvalue weighted by atomic mass is 32.2. The molecule has 0 atom stereocenters. The van der Waals surface area contributed by atoms with Gasteiger partial charge in [-0.3, -0.25) is 4.79 Å². The van der Waals surface area contributed by atoms with Crippen molar-refractivity contribution < 1.29 is 17.9 Å². The number of esters is 1. The number of sulfonamides is 1. The number of ether oxygens (including phenoxy) is 1. The molecular formula is C10H14N2O4S2. The van der Waals surface area contributed by atoms with Crippen molar-refractivity contribution in [2.45, 2.75) is 16.7 Å². The van der Waals surface area contributed by atoms with Gasteiger partial charge in [-0.15, -0.1) is 11.8 Å². The zero-order valence-electron chi connectivity index (χ0n) is 9.75. The molecule has 0 aromatic heterocycles. The Morgan fingerprint density at radius 1 is 1.44 bits per heavy atom. The Bertz CT molecular complexity index is 543. The van der Waals surface area contributed by atoms with Gasteiger partial charge in [-0.2, -0.15) is 0 Å². The van der Waals surface area contributed by atoms with Crippen LogP contribution < -0.4 is 10.9 Å². The molecule has 4 N–H and O–H groups in total. The van der Waals surface area contributed by atoms with Crippen molar-refractivity contribution in [3.8, 4) is 0 Å². The molecule has 0 saturated carbocycles. The predicted octanol–water partition coefficient (Wildman–Crippen LogP) is 0.571. The molecule has 0 unspecified atom stereocenters. The first kappa shape index (κ1) is 14.8. The van der Waals surface area contributed by atoms with Crippen molar-refractivity contribution in [1.82, 2.24) is 0 Å². The molecule has 1 rings (SSSR count). The van der Waals surface area contributed by atoms with Crippen molar-refractivity contribution in [2.75, 3.05) is 18.1 Å². The van der Waals surface area contributed by atoms with Crippen LogP contribution >= 0.6 is 11.8 Å². The Morgan fingerprint density at radius 2 is 2.11 bits per heavy atom. The number of rotatable bonds is 5. The van der Waals surface area contributed by atoms with E-state index in [1.54, 1.807) is 13.0 Å². The number of hydrogen-bond donors (Lipinski definition) is 2. The Balaban J connectivity index is 2.89. The van der Waals surface area contributed by atoms with Gasteiger partial charge in [-0.25, -0.2) is 13.6 Å². The number of anilines is 1. The molecule has 0 radical (unpaired) electrons. The highest BCUT2D eigenvalue weighted by Crippen LogP contribution is 2.29. The van der Waals surface area contributed by atoms with E-state index >= 15 is 0 Å². The summed E-state index contributed by atoms with van der Waals surface area (Å²) < 4.78 is 27.2. The van der Waals surface area contributed by atoms with E-state index in [2.05, 4.69) is 0 Å². The zero-order chi connectivity index (χ0) is 13.8. The first-order chi connectivity index (χ1) is 8.36. The van der Waals surface area contributed by atoms with Gasteiger partial charge >= 0.3 is 5.97 Å². The van der Waals surface area contributed by atoms with Crippen molar-refractivity contribution in [3.05, 3.63) is 18.2 Å². The van der Waals surface area contributed by atoms with Crippen LogP contribution in [0.3, 0.4) is 0 Å². The number of nitrogen functional groups attached to an aromatic ring is 1. The lowest BCUT2D eigenvalue weighted by atomic mass is 10.3. The van der Waals surface area contributed by atoms with E-state index in [9.17, 15) is 13.2 Å². The van der Waals surface area contributed by atoms with E-state index < -0.39 is 10.0 Å². The van der Waals surface area contributed by atoms with Gasteiger partial charge in [0, 0.05) is 4.90 Å². The first-order valence-electron chi connectivity index (χ1n) is 5.06. The van der Waals surface area contributed by atoms with Crippen LogP contribution in [0.15, 0.2) is 28.0 Å². The molecule has 0 fully saturated rings. The van der Waals surface area contributed by atoms with Crippen LogP contribution in [-0.2, 0) is 19.6 Å². The molecule has 1 aromatic rings. The minimum atomic E-state index is -3.86. The summed E-state index contributed by atoms with van der Waals surface area (Å²) in [6.45, 7) is 2.00. The maximum absolute atomic E-state index is 11.2. The summed E-state index contributed by atoms with van der Waals surface area (Å²) >= 11 is 1.11. The molecular weight excluding hydrogens is 276 g/mol. The Hall–Kier alpha value is -1.25. The van der Waals surface area contributed by atoms with Crippen molar-refractivity contribution in [1.29, 1.82) is 0 Å². The average Bonchev–Trinajstić information content (AvgIpc) is 2.26. The van der Waals surface area contributed by atoms with Crippen molar-refractivity contribution in [2.24, 2.45) is 5.14 Å². The van der Waals surface area contributed by atoms with Crippen molar-refractivity contribution >= 4 is 33.4 Å². The van der Waals surface area contributed by atoms with E-state index in [0.29, 0.717) is 11.5 Å². The fourth-order valence-electron chi connectivity index (χ4n) is 1.24. The largest absolute Gasteiger partial charge is 0.465 e. The van der Waals surface area contributed by atoms with Crippen LogP contribution in [0.1, 0.15) is 6.92 Å². The molecule has 0 bridgehead atoms. The summed E-state index contributed by atoms with van der Waals surface area (Å²) in [5.41, 5.74) is 5.75. The fraction of sp³-hybridized carbons (Fsp3) is 0.300. The van der Waals surface area contributed by atoms with Gasteiger partial charge in [0.05, 0.1) is 18.0 Å². The van der Waals surface area contributed by atoms with Crippen LogP contribution in [0.5, 0.6) is 0 Å². The van der Waals surface area contributed by atoms with Gasteiger partial charge in [-0.05, 0) is 19.1 Å². The third kappa shape index (κ3) is 3.90. The molecule has 0 aliphatic rings. The van der Waals surface area contributed by atoms with Crippen LogP contribution in [0.4, 0.5) is 5.69 Å². The van der Waals surface area contributed by atoms with Crippen LogP contribution in [0, 0.1) is 0 Å². The second-order valence-electron chi connectivity index (χ2n) is 3.31. The Labute approximate surface area is 110 Å². The second-order valence-corrected chi connectivity index (χ2v) is 5.85. The number of hydrogen-bond acceptors (Lipinski definition) is 6. The highest BCUT2D eigenvalue weighted by Gasteiger charge is 2.15. The monoisotopic (exact) mass is 290 g/mol. The third-order valence-corrected chi connectivity index (χ3v) is 4.00. The summed E-state index contributed by atoms with van der Waals surface area (Å²) in [4.78, 5) is 11.5. The van der Waals surface area contributed by atoms with E-state index in [-0.39, 0.29) is 22.3 Å². The first-order valence-corrected chi connectivity index (χ1v) is 7.59. The predicted molar refractivity (Wildman–Crippen MR) is 69.6 cm³/mol. The number of primary sulfonamides is 1. The average molecular weight is 290 g/mol. The van der Waals surface area contributed by atoms with Crippen LogP contribution in [0.25, 0.3) is 0 Å². The van der Waals surface area contributed by atoms with Gasteiger partial charge in [0.2, 0.25) is 10.0 Å². The number of carbonyl (C=O) groups excluding carboxylic acids is 1. The number of nitrogens with two attached hydrogens (primary N) is 2. The smallest absolute Gasteiger partial charge is 0.316 e. The van der Waals surface area contributed by atoms with Crippen molar-refractivity contribution in [3.63, 3.8) is 0 Å². The Kier molecular flexibility index (Phi) is 5.00. The minimum Gasteiger partial charge on any atom is -0.465 e. The lowest BCUT2D eigenvalue weighted by molar-refractivity contribution is -0.139. The Morgan fingerprint density at radius 3 is 2.67 bits per heavy atom. The molecule has 0 aliphatic carbocycles. The summed E-state index contributed by atoms with van der Waals surface area (Å²) in [5, 5.41) is 5.02. The number of carbonyl (C=O) groups is 1. The SMILES string of the molecule is CCOC(=O)CSc1cccc(S(N)(=O)=O)c1N. The third-order valence-electron chi connectivity index (χ3n) is 1.98. The lowest BCUT2D eigenvalue weighted by Crippen LogP contribution is -2.15. The van der Waals surface area contributed by atoms with Crippen LogP contribution in [0.2, 0.25) is 0 Å². The summed E-state index contributed by atoms with van der Waals surface area (Å²) in [5.74, 6) is -0.325. The molecule has 0 saturated heterocycles. The van der Waals surface area contributed by atoms with Gasteiger partial charge in [0.25, 0.3) is 0 Å². The summed E-state index contributed by atoms with van der Waals surface area (Å²) in [6.07, 6.45) is 0. The normalized spacial score (nSPS) is 11.2. The summed E-state index contributed by atoms with van der Waals surface area (Å²) in [6, 6.07) is 4.45. The summed E-state index contributed by atoms with van der Waals surface area (Å²) in [7, 11) is -3.86. The molecule has 8 heteroatoms. The lowest BCUT2D eigenvalue weighted by Gasteiger charge is -2.08. The van der Waals surface area contributed by atoms with Gasteiger partial charge < -0.3 is 10.5 Å². The number of thioether (sulfide) groups is 1. The van der Waals surface area contributed by atoms with E-state index in [0.717, 1.165) is 11.8 Å². The standard InChI is InChI=1S/C10H14N2O4S2/c1-2-16-9(13)6-17-7-4-3-5-8(10(7)11)18(12,14)15/h3-5H,2,6,11H2,1H3,(H2,12,14,15). The van der Waals surface area contributed by atoms with E-state index in [1.165, 1.54) is 12.1 Å². The maximum Gasteiger partial charge on any atom is 0.316 e. The topological polar surface area (TPSA) is 112 Å². The molecule has 18 heavy (non-hydrogen) atoms. The van der Waals surface area contributed by atoms with E-state index in [4.69, 9.17) is 15.6 Å². The fourth-order valence-corrected chi connectivity index (χ4v) is 2.78. The molecule has 0 spiro atoms. The molecule has 6 nitrogen and oxygen atoms in total. The van der Waals surface area contributed by atoms with Gasteiger partial charge in [0.15, 0.2) is 0 Å². The molecule has 100 valence electrons. The highest BCUT2D eigenvalue weighted by molar-refractivity contribution is 8.00. The molecule has 0 heterocycles. The zero-order valence-corrected chi connectivity index (χ0v) is 11.4. The molecule has 1 aromatic carbocycles. The van der Waals surface area contributed by atoms with Gasteiger partial charge in [0.1, 0.15) is 4.90 Å². The maximum atomic E-state index is 11.2. The van der Waals surface area contributed by atoms with Crippen LogP contribution in [-0.4, -0.2) is 26.7 Å². The number of benzene rings is 1. The number of para-hydroxylation sites is 1. The second kappa shape index (κ2) is 6.07. The van der Waals surface area contributed by atoms with Gasteiger partial charge in [-0.1, -0.05) is 6.07 Å².